The molecule has 0 aromatic rings. The Labute approximate surface area is 133 Å². The number of amides is 1. The van der Waals surface area contributed by atoms with E-state index in [0.29, 0.717) is 19.0 Å². The highest BCUT2D eigenvalue weighted by Gasteiger charge is 2.29. The maximum Gasteiger partial charge on any atom is 0.221 e. The van der Waals surface area contributed by atoms with Crippen LogP contribution in [0, 0.1) is 0 Å². The second-order valence-corrected chi connectivity index (χ2v) is 6.55. The van der Waals surface area contributed by atoms with Crippen LogP contribution >= 0.6 is 0 Å². The van der Waals surface area contributed by atoms with Gasteiger partial charge >= 0.3 is 0 Å². The maximum atomic E-state index is 11.9. The summed E-state index contributed by atoms with van der Waals surface area (Å²) < 4.78 is 5.74. The molecule has 1 heterocycles. The molecule has 1 aliphatic carbocycles. The Morgan fingerprint density at radius 1 is 1.27 bits per heavy atom. The van der Waals surface area contributed by atoms with Crippen LogP contribution in [0.4, 0.5) is 0 Å². The smallest absolute Gasteiger partial charge is 0.221 e. The van der Waals surface area contributed by atoms with Crippen LogP contribution in [0.3, 0.4) is 0 Å². The lowest BCUT2D eigenvalue weighted by molar-refractivity contribution is -0.121. The third-order valence-corrected chi connectivity index (χ3v) is 4.52. The minimum atomic E-state index is -0.0997. The summed E-state index contributed by atoms with van der Waals surface area (Å²) in [4.78, 5) is 16.0. The largest absolute Gasteiger partial charge is 0.373 e. The van der Waals surface area contributed by atoms with Gasteiger partial charge in [-0.1, -0.05) is 12.8 Å². The van der Waals surface area contributed by atoms with E-state index in [1.807, 2.05) is 0 Å². The highest BCUT2D eigenvalue weighted by atomic mass is 16.5. The van der Waals surface area contributed by atoms with Gasteiger partial charge in [-0.25, -0.2) is 0 Å². The number of aliphatic imine (C=N–C) groups is 1. The molecule has 3 N–H and O–H groups in total. The lowest BCUT2D eigenvalue weighted by atomic mass is 10.0. The summed E-state index contributed by atoms with van der Waals surface area (Å²) in [6, 6.07) is 0.393. The van der Waals surface area contributed by atoms with E-state index in [0.717, 1.165) is 44.8 Å². The Hall–Kier alpha value is -1.30. The zero-order chi connectivity index (χ0) is 15.8. The SMILES string of the molecule is CN=C(NCCC(=O)NC1CCCC1)NCC1(C)CCCO1. The highest BCUT2D eigenvalue weighted by molar-refractivity contribution is 5.81. The number of hydrogen-bond donors (Lipinski definition) is 3. The van der Waals surface area contributed by atoms with Crippen molar-refractivity contribution < 1.29 is 9.53 Å². The molecule has 1 atom stereocenters. The van der Waals surface area contributed by atoms with E-state index in [1.54, 1.807) is 7.05 Å². The normalized spacial score (nSPS) is 26.2. The molecule has 1 saturated heterocycles. The van der Waals surface area contributed by atoms with Gasteiger partial charge in [-0.05, 0) is 32.6 Å². The first kappa shape index (κ1) is 17.1. The predicted octanol–water partition coefficient (Wildman–Crippen LogP) is 1.17. The molecule has 1 aliphatic heterocycles. The number of rotatable bonds is 6. The third kappa shape index (κ3) is 5.48. The molecule has 1 saturated carbocycles. The monoisotopic (exact) mass is 310 g/mol. The van der Waals surface area contributed by atoms with Gasteiger partial charge in [0.25, 0.3) is 0 Å². The van der Waals surface area contributed by atoms with Crippen LogP contribution in [0.25, 0.3) is 0 Å². The Kier molecular flexibility index (Phi) is 6.49. The van der Waals surface area contributed by atoms with Crippen LogP contribution < -0.4 is 16.0 Å². The molecular formula is C16H30N4O2. The molecule has 0 spiro atoms. The van der Waals surface area contributed by atoms with E-state index in [9.17, 15) is 4.79 Å². The first-order chi connectivity index (χ1) is 10.6. The van der Waals surface area contributed by atoms with Gasteiger partial charge in [0.05, 0.1) is 5.60 Å². The van der Waals surface area contributed by atoms with Gasteiger partial charge in [0.15, 0.2) is 5.96 Å². The third-order valence-electron chi connectivity index (χ3n) is 4.52. The maximum absolute atomic E-state index is 11.9. The molecule has 1 amide bonds. The molecule has 22 heavy (non-hydrogen) atoms. The lowest BCUT2D eigenvalue weighted by Crippen LogP contribution is -2.46. The Bertz CT molecular complexity index is 386. The predicted molar refractivity (Wildman–Crippen MR) is 88.0 cm³/mol. The van der Waals surface area contributed by atoms with Gasteiger partial charge in [0, 0.05) is 39.2 Å². The fourth-order valence-electron chi connectivity index (χ4n) is 3.13. The van der Waals surface area contributed by atoms with Crippen LogP contribution in [0.15, 0.2) is 4.99 Å². The van der Waals surface area contributed by atoms with Crippen molar-refractivity contribution in [3.63, 3.8) is 0 Å². The zero-order valence-electron chi connectivity index (χ0n) is 13.9. The number of ether oxygens (including phenoxy) is 1. The molecule has 1 unspecified atom stereocenters. The number of nitrogens with zero attached hydrogens (tertiary/aromatic N) is 1. The molecule has 2 aliphatic rings. The van der Waals surface area contributed by atoms with Gasteiger partial charge in [0.1, 0.15) is 0 Å². The first-order valence-corrected chi connectivity index (χ1v) is 8.49. The highest BCUT2D eigenvalue weighted by Crippen LogP contribution is 2.23. The van der Waals surface area contributed by atoms with Crippen LogP contribution in [-0.4, -0.2) is 50.3 Å². The molecule has 0 bridgehead atoms. The van der Waals surface area contributed by atoms with Crippen LogP contribution in [-0.2, 0) is 9.53 Å². The van der Waals surface area contributed by atoms with Crippen LogP contribution in [0.2, 0.25) is 0 Å². The second-order valence-electron chi connectivity index (χ2n) is 6.55. The molecule has 0 aromatic heterocycles. The number of hydrogen-bond acceptors (Lipinski definition) is 3. The fourth-order valence-corrected chi connectivity index (χ4v) is 3.13. The zero-order valence-corrected chi connectivity index (χ0v) is 13.9. The van der Waals surface area contributed by atoms with Gasteiger partial charge in [-0.15, -0.1) is 0 Å². The van der Waals surface area contributed by atoms with Crippen molar-refractivity contribution in [3.8, 4) is 0 Å². The molecule has 0 radical (unpaired) electrons. The number of carbonyl (C=O) groups is 1. The van der Waals surface area contributed by atoms with E-state index in [2.05, 4.69) is 27.9 Å². The Balaban J connectivity index is 1.60. The van der Waals surface area contributed by atoms with Crippen molar-refractivity contribution in [2.24, 2.45) is 4.99 Å². The molecule has 6 heteroatoms. The van der Waals surface area contributed by atoms with Crippen molar-refractivity contribution in [1.29, 1.82) is 0 Å². The Morgan fingerprint density at radius 3 is 2.68 bits per heavy atom. The van der Waals surface area contributed by atoms with E-state index >= 15 is 0 Å². The average Bonchev–Trinajstić information content (AvgIpc) is 3.15. The quantitative estimate of drug-likeness (QED) is 0.508. The minimum absolute atomic E-state index is 0.0997. The average molecular weight is 310 g/mol. The molecule has 2 rings (SSSR count). The van der Waals surface area contributed by atoms with Crippen molar-refractivity contribution in [2.45, 2.75) is 63.5 Å². The number of carbonyl (C=O) groups excluding carboxylic acids is 1. The van der Waals surface area contributed by atoms with Gasteiger partial charge in [0.2, 0.25) is 5.91 Å². The molecular weight excluding hydrogens is 280 g/mol. The minimum Gasteiger partial charge on any atom is -0.373 e. The van der Waals surface area contributed by atoms with Crippen molar-refractivity contribution in [1.82, 2.24) is 16.0 Å². The van der Waals surface area contributed by atoms with E-state index in [4.69, 9.17) is 4.74 Å². The summed E-state index contributed by atoms with van der Waals surface area (Å²) in [7, 11) is 1.74. The van der Waals surface area contributed by atoms with Crippen molar-refractivity contribution in [2.75, 3.05) is 26.7 Å². The summed E-state index contributed by atoms with van der Waals surface area (Å²) >= 11 is 0. The van der Waals surface area contributed by atoms with Crippen molar-refractivity contribution in [3.05, 3.63) is 0 Å². The van der Waals surface area contributed by atoms with Crippen LogP contribution in [0.5, 0.6) is 0 Å². The molecule has 126 valence electrons. The summed E-state index contributed by atoms with van der Waals surface area (Å²) in [5.74, 6) is 0.853. The topological polar surface area (TPSA) is 74.8 Å². The standard InChI is InChI=1S/C16H30N4O2/c1-16(9-5-11-22-16)12-19-15(17-2)18-10-8-14(21)20-13-6-3-4-7-13/h13H,3-12H2,1-2H3,(H,20,21)(H2,17,18,19). The number of guanidine groups is 1. The Morgan fingerprint density at radius 2 is 2.05 bits per heavy atom. The van der Waals surface area contributed by atoms with Gasteiger partial charge in [-0.3, -0.25) is 9.79 Å². The molecule has 6 nitrogen and oxygen atoms in total. The van der Waals surface area contributed by atoms with E-state index < -0.39 is 0 Å². The van der Waals surface area contributed by atoms with E-state index in [-0.39, 0.29) is 11.5 Å². The molecule has 0 aromatic carbocycles. The summed E-state index contributed by atoms with van der Waals surface area (Å²) in [6.45, 7) is 4.29. The number of nitrogens with one attached hydrogen (secondary N) is 3. The van der Waals surface area contributed by atoms with E-state index in [1.165, 1.54) is 12.8 Å². The van der Waals surface area contributed by atoms with Gasteiger partial charge in [-0.2, -0.15) is 0 Å². The molecule has 2 fully saturated rings. The summed E-state index contributed by atoms with van der Waals surface area (Å²) in [5.41, 5.74) is -0.0997. The summed E-state index contributed by atoms with van der Waals surface area (Å²) in [6.07, 6.45) is 7.39. The lowest BCUT2D eigenvalue weighted by Gasteiger charge is -2.24. The second kappa shape index (κ2) is 8.36. The summed E-state index contributed by atoms with van der Waals surface area (Å²) in [5, 5.41) is 9.56. The fraction of sp³-hybridized carbons (Fsp3) is 0.875. The van der Waals surface area contributed by atoms with Crippen molar-refractivity contribution >= 4 is 11.9 Å². The first-order valence-electron chi connectivity index (χ1n) is 8.49. The van der Waals surface area contributed by atoms with Gasteiger partial charge < -0.3 is 20.7 Å². The van der Waals surface area contributed by atoms with Crippen LogP contribution in [0.1, 0.15) is 51.9 Å².